The van der Waals surface area contributed by atoms with Crippen LogP contribution in [0.5, 0.6) is 0 Å². The van der Waals surface area contributed by atoms with Crippen molar-refractivity contribution in [1.29, 1.82) is 0 Å². The molecule has 0 atom stereocenters. The van der Waals surface area contributed by atoms with Gasteiger partial charge >= 0.3 is 6.03 Å². The van der Waals surface area contributed by atoms with Gasteiger partial charge in [-0.25, -0.2) is 9.18 Å². The summed E-state index contributed by atoms with van der Waals surface area (Å²) in [4.78, 5) is 34.0. The number of likely N-dealkylation sites (tertiary alicyclic amines) is 1. The topological polar surface area (TPSA) is 103 Å². The molecule has 8 nitrogen and oxygen atoms in total. The number of aliphatic imine (C=N–C) groups is 1. The molecule has 2 aromatic carbocycles. The van der Waals surface area contributed by atoms with Crippen molar-refractivity contribution in [2.75, 3.05) is 36.4 Å². The number of amides is 3. The van der Waals surface area contributed by atoms with Gasteiger partial charge in [0.15, 0.2) is 0 Å². The number of rotatable bonds is 8. The Bertz CT molecular complexity index is 1210. The Balaban J connectivity index is 0.00000420. The molecule has 0 unspecified atom stereocenters. The Hall–Kier alpha value is -3.01. The maximum Gasteiger partial charge on any atom is 0.350 e. The smallest absolute Gasteiger partial charge is 0.350 e. The highest BCUT2D eigenvalue weighted by molar-refractivity contribution is 6.16. The minimum absolute atomic E-state index is 0. The van der Waals surface area contributed by atoms with Crippen LogP contribution in [0.25, 0.3) is 11.1 Å². The van der Waals surface area contributed by atoms with Gasteiger partial charge in [0, 0.05) is 44.3 Å². The highest BCUT2D eigenvalue weighted by Gasteiger charge is 2.52. The molecule has 3 amide bonds. The van der Waals surface area contributed by atoms with Gasteiger partial charge in [-0.3, -0.25) is 9.69 Å². The quantitative estimate of drug-likeness (QED) is 0.422. The second-order valence-electron chi connectivity index (χ2n) is 11.0. The molecule has 39 heavy (non-hydrogen) atoms. The zero-order chi connectivity index (χ0) is 27.4. The summed E-state index contributed by atoms with van der Waals surface area (Å²) >= 11 is 0. The van der Waals surface area contributed by atoms with Crippen molar-refractivity contribution in [3.8, 4) is 11.1 Å². The Kier molecular flexibility index (Phi) is 10.1. The summed E-state index contributed by atoms with van der Waals surface area (Å²) in [5.74, 6) is 0.590. The third-order valence-corrected chi connectivity index (χ3v) is 6.99. The van der Waals surface area contributed by atoms with Crippen molar-refractivity contribution in [2.45, 2.75) is 58.5 Å². The summed E-state index contributed by atoms with van der Waals surface area (Å²) < 4.78 is 15.1. The first-order valence-electron chi connectivity index (χ1n) is 13.4. The zero-order valence-corrected chi connectivity index (χ0v) is 24.0. The number of nitrogens with zero attached hydrogens (tertiary/aromatic N) is 3. The molecule has 212 valence electrons. The molecule has 0 saturated carbocycles. The Labute approximate surface area is 236 Å². The molecule has 2 heterocycles. The van der Waals surface area contributed by atoms with Gasteiger partial charge in [-0.1, -0.05) is 26.0 Å². The predicted octanol–water partition coefficient (Wildman–Crippen LogP) is 5.03. The van der Waals surface area contributed by atoms with E-state index in [4.69, 9.17) is 5.73 Å². The van der Waals surface area contributed by atoms with E-state index in [1.807, 2.05) is 26.0 Å². The standard InChI is InChI=1S/C29H39FN6O2.ClH/c1-19(2)18-35-12-9-29(10-13-35)27(32-20(3)4)34-28(38)36(29)25-16-22(14-23(30)17-25)21-6-5-7-24(15-21)33-26(37)8-11-31;/h5-7,14-17,19-20H,8-13,18,31H2,1-4H3,(H,33,37)(H,32,34,38);1H. The summed E-state index contributed by atoms with van der Waals surface area (Å²) in [6.07, 6.45) is 1.63. The van der Waals surface area contributed by atoms with Crippen LogP contribution in [-0.2, 0) is 4.79 Å². The number of anilines is 2. The number of carbonyl (C=O) groups is 2. The van der Waals surface area contributed by atoms with E-state index in [0.29, 0.717) is 41.5 Å². The first-order chi connectivity index (χ1) is 18.1. The van der Waals surface area contributed by atoms with E-state index >= 15 is 4.39 Å². The van der Waals surface area contributed by atoms with Crippen molar-refractivity contribution < 1.29 is 14.0 Å². The molecule has 0 bridgehead atoms. The van der Waals surface area contributed by atoms with Gasteiger partial charge in [0.2, 0.25) is 5.91 Å². The number of piperidine rings is 1. The van der Waals surface area contributed by atoms with Gasteiger partial charge in [-0.15, -0.1) is 12.4 Å². The molecule has 4 rings (SSSR count). The largest absolute Gasteiger partial charge is 0.369 e. The average molecular weight is 559 g/mol. The molecule has 1 fully saturated rings. The van der Waals surface area contributed by atoms with E-state index in [-0.39, 0.29) is 43.4 Å². The van der Waals surface area contributed by atoms with Crippen LogP contribution in [0.3, 0.4) is 0 Å². The van der Waals surface area contributed by atoms with E-state index in [0.717, 1.165) is 25.2 Å². The molecular weight excluding hydrogens is 519 g/mol. The first kappa shape index (κ1) is 30.5. The molecule has 10 heteroatoms. The second-order valence-corrected chi connectivity index (χ2v) is 11.0. The normalized spacial score (nSPS) is 17.0. The summed E-state index contributed by atoms with van der Waals surface area (Å²) in [6.45, 7) is 11.4. The fourth-order valence-electron chi connectivity index (χ4n) is 5.42. The zero-order valence-electron chi connectivity index (χ0n) is 23.2. The van der Waals surface area contributed by atoms with E-state index in [2.05, 4.69) is 34.4 Å². The third-order valence-electron chi connectivity index (χ3n) is 6.99. The molecule has 4 N–H and O–H groups in total. The summed E-state index contributed by atoms with van der Waals surface area (Å²) in [6, 6.07) is 11.6. The molecule has 0 aliphatic carbocycles. The van der Waals surface area contributed by atoms with Crippen LogP contribution >= 0.6 is 12.4 Å². The number of carbonyl (C=O) groups excluding carboxylic acids is 2. The third kappa shape index (κ3) is 6.96. The van der Waals surface area contributed by atoms with Gasteiger partial charge < -0.3 is 21.3 Å². The maximum absolute atomic E-state index is 15.1. The van der Waals surface area contributed by atoms with Crippen LogP contribution in [-0.4, -0.2) is 60.4 Å². The molecule has 2 aromatic rings. The Morgan fingerprint density at radius 2 is 1.82 bits per heavy atom. The lowest BCUT2D eigenvalue weighted by Crippen LogP contribution is -2.61. The van der Waals surface area contributed by atoms with Gasteiger partial charge in [0.1, 0.15) is 17.2 Å². The highest BCUT2D eigenvalue weighted by Crippen LogP contribution is 2.40. The van der Waals surface area contributed by atoms with Crippen molar-refractivity contribution in [1.82, 2.24) is 10.2 Å². The van der Waals surface area contributed by atoms with Crippen molar-refractivity contribution in [3.63, 3.8) is 0 Å². The summed E-state index contributed by atoms with van der Waals surface area (Å²) in [5.41, 5.74) is 7.24. The number of urea groups is 1. The second kappa shape index (κ2) is 12.9. The maximum atomic E-state index is 15.1. The minimum atomic E-state index is -0.655. The van der Waals surface area contributed by atoms with Crippen LogP contribution < -0.4 is 21.3 Å². The lowest BCUT2D eigenvalue weighted by atomic mass is 9.84. The molecule has 1 spiro atoms. The van der Waals surface area contributed by atoms with Crippen molar-refractivity contribution in [2.24, 2.45) is 16.6 Å². The fraction of sp³-hybridized carbons (Fsp3) is 0.483. The van der Waals surface area contributed by atoms with E-state index in [9.17, 15) is 9.59 Å². The van der Waals surface area contributed by atoms with Gasteiger partial charge in [0.25, 0.3) is 0 Å². The molecule has 2 aliphatic rings. The number of nitrogens with one attached hydrogen (secondary N) is 2. The molecule has 2 aliphatic heterocycles. The summed E-state index contributed by atoms with van der Waals surface area (Å²) in [5, 5.41) is 6.23. The SMILES string of the molecule is CC(C)CN1CCC2(CC1)C(NC(C)C)=NC(=O)N2c1cc(F)cc(-c2cccc(NC(=O)CCN)c2)c1.Cl. The number of hydrogen-bond acceptors (Lipinski definition) is 5. The lowest BCUT2D eigenvalue weighted by molar-refractivity contribution is -0.116. The fourth-order valence-corrected chi connectivity index (χ4v) is 5.42. The van der Waals surface area contributed by atoms with Crippen LogP contribution in [0, 0.1) is 11.7 Å². The van der Waals surface area contributed by atoms with Crippen LogP contribution in [0.1, 0.15) is 47.0 Å². The number of amidine groups is 1. The number of benzene rings is 2. The van der Waals surface area contributed by atoms with Crippen molar-refractivity contribution in [3.05, 3.63) is 48.3 Å². The van der Waals surface area contributed by atoms with Crippen LogP contribution in [0.4, 0.5) is 20.6 Å². The first-order valence-corrected chi connectivity index (χ1v) is 13.4. The van der Waals surface area contributed by atoms with E-state index < -0.39 is 11.4 Å². The molecule has 0 radical (unpaired) electrons. The Morgan fingerprint density at radius 1 is 1.10 bits per heavy atom. The monoisotopic (exact) mass is 558 g/mol. The van der Waals surface area contributed by atoms with Crippen molar-refractivity contribution >= 4 is 41.6 Å². The minimum Gasteiger partial charge on any atom is -0.369 e. The number of hydrogen-bond donors (Lipinski definition) is 3. The molecular formula is C29H40ClFN6O2. The van der Waals surface area contributed by atoms with Gasteiger partial charge in [0.05, 0.1) is 5.69 Å². The van der Waals surface area contributed by atoms with Crippen LogP contribution in [0.2, 0.25) is 0 Å². The lowest BCUT2D eigenvalue weighted by Gasteiger charge is -2.45. The molecule has 1 saturated heterocycles. The number of nitrogens with two attached hydrogens (primary N) is 1. The van der Waals surface area contributed by atoms with E-state index in [1.165, 1.54) is 12.1 Å². The van der Waals surface area contributed by atoms with E-state index in [1.54, 1.807) is 23.1 Å². The average Bonchev–Trinajstić information content (AvgIpc) is 3.09. The Morgan fingerprint density at radius 3 is 2.46 bits per heavy atom. The predicted molar refractivity (Wildman–Crippen MR) is 158 cm³/mol. The van der Waals surface area contributed by atoms with Gasteiger partial charge in [-0.2, -0.15) is 4.99 Å². The van der Waals surface area contributed by atoms with Gasteiger partial charge in [-0.05, 0) is 74.1 Å². The number of halogens is 2. The highest BCUT2D eigenvalue weighted by atomic mass is 35.5. The summed E-state index contributed by atoms with van der Waals surface area (Å²) in [7, 11) is 0. The van der Waals surface area contributed by atoms with Crippen LogP contribution in [0.15, 0.2) is 47.5 Å². The molecule has 0 aromatic heterocycles.